The SMILES string of the molecule is O=c1c(-c2ccccc2)c(N2CCCCC2)nc2ccccn12. The standard InChI is InChI=1S/C19H19N3O/c23-19-17(15-9-3-1-4-10-15)18(21-12-6-2-7-13-21)20-16-11-5-8-14-22(16)19/h1,3-5,8-11,14H,2,6-7,12-13H2. The summed E-state index contributed by atoms with van der Waals surface area (Å²) in [5.74, 6) is 0.826. The van der Waals surface area contributed by atoms with Crippen molar-refractivity contribution in [3.63, 3.8) is 0 Å². The Labute approximate surface area is 135 Å². The molecule has 0 unspecified atom stereocenters. The molecular formula is C19H19N3O. The Balaban J connectivity index is 2.00. The van der Waals surface area contributed by atoms with Crippen molar-refractivity contribution in [3.05, 3.63) is 65.1 Å². The van der Waals surface area contributed by atoms with Crippen molar-refractivity contribution in [1.82, 2.24) is 9.38 Å². The summed E-state index contributed by atoms with van der Waals surface area (Å²) < 4.78 is 1.63. The Morgan fingerprint density at radius 2 is 1.61 bits per heavy atom. The highest BCUT2D eigenvalue weighted by atomic mass is 16.1. The van der Waals surface area contributed by atoms with Crippen LogP contribution in [0, 0.1) is 0 Å². The topological polar surface area (TPSA) is 37.6 Å². The first kappa shape index (κ1) is 14.0. The zero-order chi connectivity index (χ0) is 15.6. The fourth-order valence-corrected chi connectivity index (χ4v) is 3.27. The maximum Gasteiger partial charge on any atom is 0.267 e. The minimum atomic E-state index is 0.00220. The number of hydrogen-bond donors (Lipinski definition) is 0. The number of rotatable bonds is 2. The van der Waals surface area contributed by atoms with E-state index in [0.29, 0.717) is 11.2 Å². The van der Waals surface area contributed by atoms with Crippen LogP contribution in [0.15, 0.2) is 59.5 Å². The van der Waals surface area contributed by atoms with Gasteiger partial charge in [0.25, 0.3) is 5.56 Å². The predicted octanol–water partition coefficient (Wildman–Crippen LogP) is 3.35. The average molecular weight is 305 g/mol. The van der Waals surface area contributed by atoms with Gasteiger partial charge in [-0.2, -0.15) is 0 Å². The van der Waals surface area contributed by atoms with Gasteiger partial charge in [-0.05, 0) is 37.0 Å². The summed E-state index contributed by atoms with van der Waals surface area (Å²) >= 11 is 0. The van der Waals surface area contributed by atoms with Crippen molar-refractivity contribution in [2.24, 2.45) is 0 Å². The second-order valence-electron chi connectivity index (χ2n) is 5.96. The van der Waals surface area contributed by atoms with Crippen LogP contribution in [0.4, 0.5) is 5.82 Å². The van der Waals surface area contributed by atoms with E-state index in [1.807, 2.05) is 48.5 Å². The van der Waals surface area contributed by atoms with Gasteiger partial charge in [-0.15, -0.1) is 0 Å². The van der Waals surface area contributed by atoms with E-state index in [1.54, 1.807) is 10.6 Å². The fraction of sp³-hybridized carbons (Fsp3) is 0.263. The number of aromatic nitrogens is 2. The highest BCUT2D eigenvalue weighted by molar-refractivity contribution is 5.76. The number of pyridine rings is 1. The summed E-state index contributed by atoms with van der Waals surface area (Å²) in [6.07, 6.45) is 5.36. The Morgan fingerprint density at radius 1 is 0.870 bits per heavy atom. The third kappa shape index (κ3) is 2.50. The molecule has 0 N–H and O–H groups in total. The lowest BCUT2D eigenvalue weighted by atomic mass is 10.1. The normalized spacial score (nSPS) is 15.0. The molecule has 0 bridgehead atoms. The lowest BCUT2D eigenvalue weighted by molar-refractivity contribution is 0.573. The summed E-state index contributed by atoms with van der Waals surface area (Å²) in [6.45, 7) is 1.94. The molecule has 1 aromatic carbocycles. The van der Waals surface area contributed by atoms with Crippen molar-refractivity contribution in [3.8, 4) is 11.1 Å². The Morgan fingerprint density at radius 3 is 2.39 bits per heavy atom. The highest BCUT2D eigenvalue weighted by Gasteiger charge is 2.21. The molecular weight excluding hydrogens is 286 g/mol. The van der Waals surface area contributed by atoms with Crippen LogP contribution < -0.4 is 10.5 Å². The lowest BCUT2D eigenvalue weighted by Crippen LogP contribution is -2.33. The van der Waals surface area contributed by atoms with E-state index in [0.717, 1.165) is 37.3 Å². The molecule has 4 rings (SSSR count). The third-order valence-electron chi connectivity index (χ3n) is 4.43. The number of fused-ring (bicyclic) bond motifs is 1. The zero-order valence-electron chi connectivity index (χ0n) is 13.0. The summed E-state index contributed by atoms with van der Waals surface area (Å²) in [5, 5.41) is 0. The van der Waals surface area contributed by atoms with E-state index in [-0.39, 0.29) is 5.56 Å². The predicted molar refractivity (Wildman–Crippen MR) is 93.0 cm³/mol. The van der Waals surface area contributed by atoms with Gasteiger partial charge < -0.3 is 4.90 Å². The molecule has 0 radical (unpaired) electrons. The highest BCUT2D eigenvalue weighted by Crippen LogP contribution is 2.28. The van der Waals surface area contributed by atoms with E-state index in [1.165, 1.54) is 6.42 Å². The molecule has 1 aliphatic rings. The monoisotopic (exact) mass is 305 g/mol. The third-order valence-corrected chi connectivity index (χ3v) is 4.43. The molecule has 1 saturated heterocycles. The van der Waals surface area contributed by atoms with Crippen LogP contribution in [0.5, 0.6) is 0 Å². The Kier molecular flexibility index (Phi) is 3.58. The number of anilines is 1. The molecule has 2 aromatic heterocycles. The van der Waals surface area contributed by atoms with Gasteiger partial charge in [0.2, 0.25) is 0 Å². The molecule has 0 aliphatic carbocycles. The van der Waals surface area contributed by atoms with Crippen molar-refractivity contribution in [1.29, 1.82) is 0 Å². The van der Waals surface area contributed by atoms with E-state index in [9.17, 15) is 4.79 Å². The molecule has 0 amide bonds. The van der Waals surface area contributed by atoms with Crippen LogP contribution in [0.25, 0.3) is 16.8 Å². The largest absolute Gasteiger partial charge is 0.356 e. The van der Waals surface area contributed by atoms with Gasteiger partial charge in [-0.3, -0.25) is 9.20 Å². The van der Waals surface area contributed by atoms with Crippen LogP contribution in [0.2, 0.25) is 0 Å². The van der Waals surface area contributed by atoms with E-state index in [4.69, 9.17) is 4.98 Å². The van der Waals surface area contributed by atoms with Crippen molar-refractivity contribution in [2.75, 3.05) is 18.0 Å². The average Bonchev–Trinajstić information content (AvgIpc) is 2.63. The van der Waals surface area contributed by atoms with Crippen molar-refractivity contribution >= 4 is 11.5 Å². The van der Waals surface area contributed by atoms with Crippen molar-refractivity contribution < 1.29 is 0 Å². The number of piperidine rings is 1. The maximum absolute atomic E-state index is 13.1. The number of hydrogen-bond acceptors (Lipinski definition) is 3. The molecule has 0 saturated carbocycles. The van der Waals surface area contributed by atoms with Crippen molar-refractivity contribution in [2.45, 2.75) is 19.3 Å². The molecule has 1 aliphatic heterocycles. The smallest absolute Gasteiger partial charge is 0.267 e. The zero-order valence-corrected chi connectivity index (χ0v) is 13.0. The molecule has 0 atom stereocenters. The Hall–Kier alpha value is -2.62. The fourth-order valence-electron chi connectivity index (χ4n) is 3.27. The first-order chi connectivity index (χ1) is 11.3. The van der Waals surface area contributed by atoms with Gasteiger partial charge in [0, 0.05) is 19.3 Å². The molecule has 23 heavy (non-hydrogen) atoms. The van der Waals surface area contributed by atoms with Gasteiger partial charge in [0.15, 0.2) is 0 Å². The van der Waals surface area contributed by atoms with Gasteiger partial charge in [0.05, 0.1) is 5.56 Å². The summed E-state index contributed by atoms with van der Waals surface area (Å²) in [4.78, 5) is 20.2. The van der Waals surface area contributed by atoms with Crippen LogP contribution in [-0.4, -0.2) is 22.5 Å². The van der Waals surface area contributed by atoms with Gasteiger partial charge in [-0.1, -0.05) is 36.4 Å². The van der Waals surface area contributed by atoms with E-state index in [2.05, 4.69) is 4.90 Å². The Bertz CT molecular complexity index is 880. The summed E-state index contributed by atoms with van der Waals surface area (Å²) in [7, 11) is 0. The molecule has 116 valence electrons. The molecule has 4 heteroatoms. The van der Waals surface area contributed by atoms with Crippen LogP contribution >= 0.6 is 0 Å². The second kappa shape index (κ2) is 5.88. The number of nitrogens with zero attached hydrogens (tertiary/aromatic N) is 3. The maximum atomic E-state index is 13.1. The van der Waals surface area contributed by atoms with Gasteiger partial charge >= 0.3 is 0 Å². The summed E-state index contributed by atoms with van der Waals surface area (Å²) in [6, 6.07) is 15.6. The van der Waals surface area contributed by atoms with Gasteiger partial charge in [-0.25, -0.2) is 4.98 Å². The molecule has 1 fully saturated rings. The molecule has 0 spiro atoms. The van der Waals surface area contributed by atoms with Crippen LogP contribution in [-0.2, 0) is 0 Å². The minimum Gasteiger partial charge on any atom is -0.356 e. The first-order valence-corrected chi connectivity index (χ1v) is 8.16. The van der Waals surface area contributed by atoms with Crippen LogP contribution in [0.3, 0.4) is 0 Å². The number of benzene rings is 1. The molecule has 3 aromatic rings. The van der Waals surface area contributed by atoms with Crippen LogP contribution in [0.1, 0.15) is 19.3 Å². The van der Waals surface area contributed by atoms with E-state index < -0.39 is 0 Å². The second-order valence-corrected chi connectivity index (χ2v) is 5.96. The molecule has 4 nitrogen and oxygen atoms in total. The summed E-state index contributed by atoms with van der Waals surface area (Å²) in [5.41, 5.74) is 2.35. The first-order valence-electron chi connectivity index (χ1n) is 8.16. The lowest BCUT2D eigenvalue weighted by Gasteiger charge is -2.29. The van der Waals surface area contributed by atoms with Gasteiger partial charge in [0.1, 0.15) is 11.5 Å². The molecule has 3 heterocycles. The quantitative estimate of drug-likeness (QED) is 0.728. The minimum absolute atomic E-state index is 0.00220. The van der Waals surface area contributed by atoms with E-state index >= 15 is 0 Å².